The fourth-order valence-corrected chi connectivity index (χ4v) is 0.652. The Morgan fingerprint density at radius 1 is 1.33 bits per heavy atom. The van der Waals surface area contributed by atoms with Crippen molar-refractivity contribution < 1.29 is 53.2 Å². The Kier molecular flexibility index (Phi) is 6.42. The van der Waals surface area contributed by atoms with Gasteiger partial charge in [-0.1, -0.05) is 18.2 Å². The van der Waals surface area contributed by atoms with Crippen molar-refractivity contribution in [1.82, 2.24) is 0 Å². The van der Waals surface area contributed by atoms with Gasteiger partial charge in [-0.3, -0.25) is 0 Å². The van der Waals surface area contributed by atoms with Gasteiger partial charge in [0, 0.05) is 38.6 Å². The number of hydrogen-bond donors (Lipinski definition) is 1. The van der Waals surface area contributed by atoms with Crippen molar-refractivity contribution in [1.29, 1.82) is 0 Å². The van der Waals surface area contributed by atoms with Crippen LogP contribution in [-0.2, 0) is 4.79 Å². The van der Waals surface area contributed by atoms with Crippen molar-refractivity contribution in [2.45, 2.75) is 0 Å². The van der Waals surface area contributed by atoms with Gasteiger partial charge in [-0.15, -0.1) is 0 Å². The van der Waals surface area contributed by atoms with Crippen LogP contribution < -0.4 is 4.74 Å². The van der Waals surface area contributed by atoms with Crippen LogP contribution in [0.4, 0.5) is 0 Å². The Labute approximate surface area is 101 Å². The molecule has 67 valence electrons. The van der Waals surface area contributed by atoms with Gasteiger partial charge in [0.1, 0.15) is 12.4 Å². The van der Waals surface area contributed by atoms with Crippen molar-refractivity contribution in [2.75, 3.05) is 6.61 Å². The number of rotatable bonds is 2. The molecule has 0 amide bonds. The Hall–Kier alpha value is -0.0643. The van der Waals surface area contributed by atoms with Crippen LogP contribution in [0.25, 0.3) is 0 Å². The van der Waals surface area contributed by atoms with Gasteiger partial charge in [0.05, 0.1) is 0 Å². The van der Waals surface area contributed by atoms with Crippen LogP contribution >= 0.6 is 0 Å². The summed E-state index contributed by atoms with van der Waals surface area (Å²) in [7, 11) is 0. The molecule has 0 fully saturated rings. The van der Waals surface area contributed by atoms with E-state index in [1.54, 1.807) is 24.3 Å². The minimum Gasteiger partial charge on any atom is -0.425 e. The van der Waals surface area contributed by atoms with Crippen molar-refractivity contribution in [3.05, 3.63) is 30.3 Å². The zero-order valence-electron chi connectivity index (χ0n) is 6.19. The second-order valence-electron chi connectivity index (χ2n) is 1.95. The summed E-state index contributed by atoms with van der Waals surface area (Å²) in [6.07, 6.45) is 0. The number of para-hydroxylation sites is 1. The van der Waals surface area contributed by atoms with E-state index in [9.17, 15) is 4.79 Å². The number of benzene rings is 1. The van der Waals surface area contributed by atoms with Crippen LogP contribution in [-0.4, -0.2) is 17.7 Å². The number of esters is 1. The zero-order valence-corrected chi connectivity index (χ0v) is 8.33. The average Bonchev–Trinajstić information content (AvgIpc) is 2.06. The van der Waals surface area contributed by atoms with E-state index >= 15 is 0 Å². The first kappa shape index (κ1) is 11.9. The number of carbonyl (C=O) groups is 1. The molecule has 1 rings (SSSR count). The average molecular weight is 311 g/mol. The molecule has 1 aromatic carbocycles. The SMILES string of the molecule is O=C(CO)Oc1ccccc1.[Tb]. The van der Waals surface area contributed by atoms with Crippen molar-refractivity contribution in [2.24, 2.45) is 0 Å². The molecule has 0 aliphatic heterocycles. The number of aliphatic hydroxyl groups is 1. The third-order valence-electron chi connectivity index (χ3n) is 1.10. The molecule has 0 aliphatic rings. The van der Waals surface area contributed by atoms with Gasteiger partial charge < -0.3 is 9.84 Å². The van der Waals surface area contributed by atoms with E-state index in [1.165, 1.54) is 0 Å². The summed E-state index contributed by atoms with van der Waals surface area (Å²) >= 11 is 0. The van der Waals surface area contributed by atoms with Crippen LogP contribution in [0.15, 0.2) is 30.3 Å². The molecule has 0 atom stereocenters. The molecule has 1 radical (unpaired) electrons. The Bertz CT molecular complexity index is 235. The maximum atomic E-state index is 10.5. The van der Waals surface area contributed by atoms with Crippen LogP contribution in [0.5, 0.6) is 5.75 Å². The molecule has 0 aliphatic carbocycles. The molecule has 4 heteroatoms. The molecule has 0 spiro atoms. The minimum atomic E-state index is -0.642. The van der Waals surface area contributed by atoms with Crippen molar-refractivity contribution in [3.8, 4) is 5.75 Å². The van der Waals surface area contributed by atoms with Crippen LogP contribution in [0.3, 0.4) is 0 Å². The Morgan fingerprint density at radius 2 is 1.92 bits per heavy atom. The normalized spacial score (nSPS) is 8.42. The summed E-state index contributed by atoms with van der Waals surface area (Å²) < 4.78 is 4.67. The van der Waals surface area contributed by atoms with E-state index in [0.717, 1.165) is 0 Å². The Morgan fingerprint density at radius 3 is 2.42 bits per heavy atom. The van der Waals surface area contributed by atoms with Gasteiger partial charge in [-0.25, -0.2) is 4.79 Å². The molecule has 0 saturated heterocycles. The van der Waals surface area contributed by atoms with Gasteiger partial charge in [0.25, 0.3) is 0 Å². The molecule has 1 N–H and O–H groups in total. The number of ether oxygens (including phenoxy) is 1. The van der Waals surface area contributed by atoms with Gasteiger partial charge >= 0.3 is 5.97 Å². The van der Waals surface area contributed by atoms with Crippen molar-refractivity contribution in [3.63, 3.8) is 0 Å². The Balaban J connectivity index is 0.00000121. The van der Waals surface area contributed by atoms with E-state index in [0.29, 0.717) is 5.75 Å². The summed E-state index contributed by atoms with van der Waals surface area (Å²) in [5.74, 6) is -0.192. The third kappa shape index (κ3) is 4.09. The maximum Gasteiger partial charge on any atom is 0.337 e. The molecular formula is C8H8O3Tb. The first-order valence-electron chi connectivity index (χ1n) is 3.19. The van der Waals surface area contributed by atoms with Crippen LogP contribution in [0.2, 0.25) is 0 Å². The molecule has 0 saturated carbocycles. The predicted molar refractivity (Wildman–Crippen MR) is 39.2 cm³/mol. The fraction of sp³-hybridized carbons (Fsp3) is 0.125. The summed E-state index contributed by atoms with van der Waals surface area (Å²) in [6.45, 7) is -0.588. The van der Waals surface area contributed by atoms with Crippen molar-refractivity contribution >= 4 is 5.97 Å². The van der Waals surface area contributed by atoms with Gasteiger partial charge in [0.2, 0.25) is 0 Å². The van der Waals surface area contributed by atoms with E-state index in [1.807, 2.05) is 6.07 Å². The smallest absolute Gasteiger partial charge is 0.337 e. The van der Waals surface area contributed by atoms with Gasteiger partial charge in [-0.2, -0.15) is 0 Å². The summed E-state index contributed by atoms with van der Waals surface area (Å²) in [5.41, 5.74) is 0. The molecule has 12 heavy (non-hydrogen) atoms. The molecule has 3 nitrogen and oxygen atoms in total. The predicted octanol–water partition coefficient (Wildman–Crippen LogP) is 0.584. The fourth-order valence-electron chi connectivity index (χ4n) is 0.652. The summed E-state index contributed by atoms with van der Waals surface area (Å²) in [5, 5.41) is 8.32. The van der Waals surface area contributed by atoms with E-state index < -0.39 is 12.6 Å². The van der Waals surface area contributed by atoms with E-state index in [4.69, 9.17) is 5.11 Å². The quantitative estimate of drug-likeness (QED) is 0.642. The maximum absolute atomic E-state index is 10.5. The molecule has 0 bridgehead atoms. The molecular weight excluding hydrogens is 303 g/mol. The summed E-state index contributed by atoms with van der Waals surface area (Å²) in [4.78, 5) is 10.5. The second-order valence-corrected chi connectivity index (χ2v) is 1.95. The summed E-state index contributed by atoms with van der Waals surface area (Å²) in [6, 6.07) is 8.61. The molecule has 1 aromatic rings. The van der Waals surface area contributed by atoms with Crippen LogP contribution in [0.1, 0.15) is 0 Å². The largest absolute Gasteiger partial charge is 0.425 e. The van der Waals surface area contributed by atoms with Gasteiger partial charge in [-0.05, 0) is 12.1 Å². The molecule has 0 aromatic heterocycles. The monoisotopic (exact) mass is 311 g/mol. The third-order valence-corrected chi connectivity index (χ3v) is 1.10. The number of aliphatic hydroxyl groups excluding tert-OH is 1. The van der Waals surface area contributed by atoms with Gasteiger partial charge in [0.15, 0.2) is 0 Å². The second kappa shape index (κ2) is 6.45. The van der Waals surface area contributed by atoms with Crippen LogP contribution in [0, 0.1) is 38.6 Å². The molecule has 0 heterocycles. The first-order valence-corrected chi connectivity index (χ1v) is 3.19. The minimum absolute atomic E-state index is 0. The zero-order chi connectivity index (χ0) is 8.10. The standard InChI is InChI=1S/C8H8O3.Tb/c9-6-8(10)11-7-4-2-1-3-5-7;/h1-5,9H,6H2;. The topological polar surface area (TPSA) is 46.5 Å². The number of carbonyl (C=O) groups excluding carboxylic acids is 1. The first-order chi connectivity index (χ1) is 5.33. The van der Waals surface area contributed by atoms with E-state index in [2.05, 4.69) is 4.74 Å². The van der Waals surface area contributed by atoms with E-state index in [-0.39, 0.29) is 38.6 Å². The molecule has 0 unspecified atom stereocenters. The number of hydrogen-bond acceptors (Lipinski definition) is 3.